The maximum atomic E-state index is 14.6. The van der Waals surface area contributed by atoms with Crippen LogP contribution in [-0.4, -0.2) is 171 Å². The zero-order valence-electron chi connectivity index (χ0n) is 87.2. The highest BCUT2D eigenvalue weighted by molar-refractivity contribution is 7.95. The Morgan fingerprint density at radius 1 is 0.507 bits per heavy atom. The highest BCUT2D eigenvalue weighted by Gasteiger charge is 2.51. The predicted octanol–water partition coefficient (Wildman–Crippen LogP) is 18.8. The Morgan fingerprint density at radius 2 is 1.04 bits per heavy atom. The highest BCUT2D eigenvalue weighted by Crippen LogP contribution is 2.51. The SMILES string of the molecule is CC(C)COc1cccc(-c2ccc(C(=O)NS(=O)(=O)C3=CC=CCC3=O)c(N3C[C@@H](C)CC3(C)C)n2)c1.CC1CN(C(NS(=O)(=O)c2cccc(OCc3cccc4ccccc34)n2)c2cccnc2)C(C)(C)C1.COc1cccc(-c2ccc(C(=O)NS(=O)(=O)c3cccnc3N)c(N3C[C@@H](C)CC3(C)C)n2)n1.Cc1cccc(S(=O)(=O)NC(=O)c2ccc(-c3cc(F)cc(OCC(C)C)c3)nc2N2CC(C)CC23CCC3)n1.[HH]. The van der Waals surface area contributed by atoms with E-state index in [-0.39, 0.29) is 85.9 Å². The molecule has 0 bridgehead atoms. The molecule has 792 valence electrons. The number of nitrogens with zero attached hydrogens (tertiary/aromatic N) is 12. The number of hydrogen-bond acceptors (Lipinski definition) is 29. The summed E-state index contributed by atoms with van der Waals surface area (Å²) in [7, 11) is -15.2. The van der Waals surface area contributed by atoms with E-state index >= 15 is 0 Å². The molecule has 12 aromatic rings. The first kappa shape index (κ1) is 110. The fraction of sp³-hybridized carbons (Fsp3) is 0.375. The monoisotopic (exact) mass is 2120 g/mol. The Balaban J connectivity index is 0.000000158. The van der Waals surface area contributed by atoms with Crippen LogP contribution in [0.25, 0.3) is 44.7 Å². The number of nitrogen functional groups attached to an aromatic ring is 1. The zero-order valence-corrected chi connectivity index (χ0v) is 90.4. The molecule has 18 rings (SSSR count). The number of carbonyl (C=O) groups excluding carboxylic acids is 4. The standard InChI is InChI=1S/C30H35FN4O4S.C29H32N4O3S.C29H35N3O5S.C24H28N6O4S.H2/c1-19(2)18-39-24-14-22(13-23(31)15-24)26-10-9-25(28(33-26)35-17-20(3)16-30(35)11-6-12-30)29(36)34-40(37,38)27-8-5-7-21(4)32-27;1-21-17-29(2,3)33(19-21)28(23-12-8-16-30-18-23)32-37(34,35)27-15-7-14-26(31-27)36-20-24-11-6-10-22-9-4-5-13-25(22)24;1-19(2)18-37-22-10-8-9-21(15-22)24-14-13-23(27(30-24)32-17-20(3)16-29(32,4)5)28(34)31-38(35,36)26-12-7-6-11-25(26)33;1-15-13-24(2,3)30(14-15)22-16(10-11-18(28-22)17-7-5-9-20(27-17)34-4)23(31)29-35(32,33)19-8-6-12-26-21(19)25;/h5,7-10,13-15,19-20H,6,11-12,16-18H2,1-4H3,(H,34,36);4-16,18,21,28,32H,17,19-20H2,1-3H3;6-10,12-15,19-20H,11,16-18H2,1-5H3,(H,31,34);5-12,15H,13-14H2,1-4H3,(H2,25,26)(H,29,31);1H/t;;20-;15-;/m..00./s1. The van der Waals surface area contributed by atoms with Crippen LogP contribution >= 0.6 is 0 Å². The van der Waals surface area contributed by atoms with Crippen molar-refractivity contribution in [2.75, 3.05) is 66.9 Å². The molecule has 4 saturated heterocycles. The van der Waals surface area contributed by atoms with Crippen molar-refractivity contribution >= 4 is 97.6 Å². The van der Waals surface area contributed by atoms with E-state index in [1.54, 1.807) is 110 Å². The van der Waals surface area contributed by atoms with Gasteiger partial charge in [-0.05, 0) is 254 Å². The number of amides is 3. The van der Waals surface area contributed by atoms with Crippen LogP contribution in [0, 0.1) is 48.2 Å². The summed E-state index contributed by atoms with van der Waals surface area (Å²) in [5.41, 5.74) is 11.1. The lowest BCUT2D eigenvalue weighted by Gasteiger charge is -2.47. The lowest BCUT2D eigenvalue weighted by molar-refractivity contribution is -0.114. The van der Waals surface area contributed by atoms with Crippen LogP contribution in [-0.2, 0) is 51.5 Å². The summed E-state index contributed by atoms with van der Waals surface area (Å²) < 4.78 is 152. The number of ketones is 1. The molecule has 0 radical (unpaired) electrons. The average Bonchev–Trinajstić information content (AvgIpc) is 1.55. The Labute approximate surface area is 879 Å². The quantitative estimate of drug-likeness (QED) is 0.0279. The third-order valence-electron chi connectivity index (χ3n) is 27.1. The lowest BCUT2D eigenvalue weighted by atomic mass is 9.73. The van der Waals surface area contributed by atoms with Gasteiger partial charge in [-0.25, -0.2) is 78.7 Å². The van der Waals surface area contributed by atoms with Gasteiger partial charge < -0.3 is 39.4 Å². The van der Waals surface area contributed by atoms with Gasteiger partial charge in [-0.1, -0.05) is 146 Å². The molecule has 3 amide bonds. The summed E-state index contributed by atoms with van der Waals surface area (Å²) in [5, 5.41) is 1.91. The molecule has 5 atom stereocenters. The van der Waals surface area contributed by atoms with Crippen molar-refractivity contribution in [1.29, 1.82) is 0 Å². The first-order valence-electron chi connectivity index (χ1n) is 50.1. The van der Waals surface area contributed by atoms with Gasteiger partial charge in [0.05, 0.1) is 59.8 Å². The number of allylic oxidation sites excluding steroid dienone is 4. The van der Waals surface area contributed by atoms with Gasteiger partial charge in [0.1, 0.15) is 63.2 Å². The Bertz CT molecular complexity index is 7590. The van der Waals surface area contributed by atoms with E-state index < -0.39 is 80.5 Å². The first-order chi connectivity index (χ1) is 71.1. The van der Waals surface area contributed by atoms with Crippen LogP contribution in [0.5, 0.6) is 23.3 Å². The maximum Gasteiger partial charge on any atom is 0.281 e. The van der Waals surface area contributed by atoms with Crippen molar-refractivity contribution in [3.63, 3.8) is 0 Å². The van der Waals surface area contributed by atoms with Crippen LogP contribution in [0.2, 0.25) is 0 Å². The van der Waals surface area contributed by atoms with E-state index in [9.17, 15) is 57.2 Å². The van der Waals surface area contributed by atoms with Gasteiger partial charge in [0.15, 0.2) is 15.8 Å². The Morgan fingerprint density at radius 3 is 1.63 bits per heavy atom. The third-order valence-corrected chi connectivity index (χ3v) is 32.4. The van der Waals surface area contributed by atoms with Gasteiger partial charge in [-0.3, -0.25) is 29.1 Å². The number of methoxy groups -OCH3 is 1. The van der Waals surface area contributed by atoms with Gasteiger partial charge in [0.25, 0.3) is 57.8 Å². The van der Waals surface area contributed by atoms with Crippen molar-refractivity contribution in [2.24, 2.45) is 35.5 Å². The minimum Gasteiger partial charge on any atom is -0.493 e. The molecule has 2 aliphatic carbocycles. The molecule has 12 heterocycles. The highest BCUT2D eigenvalue weighted by atomic mass is 32.2. The van der Waals surface area contributed by atoms with E-state index in [2.05, 4.69) is 154 Å². The molecule has 4 aromatic carbocycles. The van der Waals surface area contributed by atoms with Gasteiger partial charge >= 0.3 is 0 Å². The van der Waals surface area contributed by atoms with Crippen LogP contribution < -0.4 is 58.3 Å². The molecule has 150 heavy (non-hydrogen) atoms. The van der Waals surface area contributed by atoms with Crippen molar-refractivity contribution < 1.29 is 77.6 Å². The minimum atomic E-state index is -4.34. The second-order valence-electron chi connectivity index (χ2n) is 42.1. The number of aromatic nitrogens is 8. The number of fused-ring (bicyclic) bond motifs is 1. The Kier molecular flexibility index (Phi) is 33.6. The molecular weight excluding hydrogens is 1990 g/mol. The number of hydrogen-bond donors (Lipinski definition) is 5. The van der Waals surface area contributed by atoms with Crippen LogP contribution in [0.1, 0.15) is 204 Å². The van der Waals surface area contributed by atoms with Crippen LogP contribution in [0.15, 0.2) is 257 Å². The number of nitrogens with one attached hydrogen (secondary N) is 4. The largest absolute Gasteiger partial charge is 0.493 e. The summed E-state index contributed by atoms with van der Waals surface area (Å²) in [4.78, 5) is 95.7. The van der Waals surface area contributed by atoms with E-state index in [1.807, 2.05) is 85.5 Å². The summed E-state index contributed by atoms with van der Waals surface area (Å²) in [5.74, 6) is 1.58. The second-order valence-corrected chi connectivity index (χ2v) is 48.7. The molecule has 6 aliphatic rings. The number of Topliss-reactive ketones (excluding diaryl/α,β-unsaturated/α-hetero) is 1. The van der Waals surface area contributed by atoms with E-state index in [1.165, 1.54) is 61.9 Å². The van der Waals surface area contributed by atoms with Crippen molar-refractivity contribution in [2.45, 2.75) is 205 Å². The van der Waals surface area contributed by atoms with Crippen molar-refractivity contribution in [1.82, 2.24) is 63.7 Å². The second kappa shape index (κ2) is 45.8. The normalized spacial score (nSPS) is 18.3. The first-order valence-corrected chi connectivity index (χ1v) is 56.1. The lowest BCUT2D eigenvalue weighted by Crippen LogP contribution is -2.50. The molecule has 1 saturated carbocycles. The smallest absolute Gasteiger partial charge is 0.281 e. The zero-order chi connectivity index (χ0) is 108. The van der Waals surface area contributed by atoms with Crippen LogP contribution in [0.4, 0.5) is 27.7 Å². The number of sulfonamides is 4. The van der Waals surface area contributed by atoms with Crippen molar-refractivity contribution in [3.8, 4) is 57.2 Å². The fourth-order valence-corrected chi connectivity index (χ4v) is 24.7. The molecule has 5 fully saturated rings. The molecule has 33 nitrogen and oxygen atoms in total. The van der Waals surface area contributed by atoms with E-state index in [0.29, 0.717) is 126 Å². The van der Waals surface area contributed by atoms with Gasteiger partial charge in [0.2, 0.25) is 11.8 Å². The number of nitrogens with two attached hydrogens (primary N) is 1. The maximum absolute atomic E-state index is 14.6. The van der Waals surface area contributed by atoms with Gasteiger partial charge in [-0.15, -0.1) is 0 Å². The molecule has 8 aromatic heterocycles. The summed E-state index contributed by atoms with van der Waals surface area (Å²) in [6.45, 7) is 35.2. The number of anilines is 4. The number of benzene rings is 4. The number of pyridine rings is 8. The third kappa shape index (κ3) is 26.1. The summed E-state index contributed by atoms with van der Waals surface area (Å²) in [6.07, 6.45) is 15.2. The molecule has 4 aliphatic heterocycles. The number of likely N-dealkylation sites (tertiary alicyclic amines) is 1. The van der Waals surface area contributed by atoms with E-state index in [4.69, 9.17) is 39.6 Å². The summed E-state index contributed by atoms with van der Waals surface area (Å²) >= 11 is 0. The van der Waals surface area contributed by atoms with Gasteiger partial charge in [0, 0.05) is 115 Å². The average molecular weight is 2120 g/mol. The van der Waals surface area contributed by atoms with Crippen LogP contribution in [0.3, 0.4) is 0 Å². The molecular formula is C112H132FN17O16S4. The molecule has 38 heteroatoms. The predicted molar refractivity (Wildman–Crippen MR) is 579 cm³/mol. The molecule has 3 unspecified atom stereocenters. The Hall–Kier alpha value is -14.1. The summed E-state index contributed by atoms with van der Waals surface area (Å²) in [6, 6.07) is 57.1. The molecule has 6 N–H and O–H groups in total. The van der Waals surface area contributed by atoms with E-state index in [0.717, 1.165) is 84.7 Å². The van der Waals surface area contributed by atoms with Gasteiger partial charge in [-0.2, -0.15) is 13.1 Å². The fourth-order valence-electron chi connectivity index (χ4n) is 20.4. The van der Waals surface area contributed by atoms with Crippen molar-refractivity contribution in [3.05, 3.63) is 281 Å². The number of rotatable bonds is 30. The number of carbonyl (C=O) groups is 4. The number of aryl methyl sites for hydroxylation is 1. The number of halogens is 1. The minimum absolute atomic E-state index is 0. The molecule has 1 spiro atoms. The number of ether oxygens (including phenoxy) is 4. The topological polar surface area (TPSA) is 432 Å².